The summed E-state index contributed by atoms with van der Waals surface area (Å²) >= 11 is 0. The number of nitriles is 1. The van der Waals surface area contributed by atoms with Crippen LogP contribution in [0.5, 0.6) is 0 Å². The SMILES string of the molecule is Cc1ccc(CNCCCCC(C)(C)C#N)cn1. The summed E-state index contributed by atoms with van der Waals surface area (Å²) in [7, 11) is 0. The van der Waals surface area contributed by atoms with Crippen molar-refractivity contribution in [3.63, 3.8) is 0 Å². The second-order valence-electron chi connectivity index (χ2n) is 5.44. The molecule has 0 amide bonds. The van der Waals surface area contributed by atoms with Crippen molar-refractivity contribution in [3.05, 3.63) is 29.6 Å². The van der Waals surface area contributed by atoms with Gasteiger partial charge in [-0.15, -0.1) is 0 Å². The molecule has 0 saturated carbocycles. The molecule has 1 N–H and O–H groups in total. The van der Waals surface area contributed by atoms with Crippen LogP contribution in [-0.4, -0.2) is 11.5 Å². The molecule has 0 aliphatic rings. The molecule has 18 heavy (non-hydrogen) atoms. The minimum Gasteiger partial charge on any atom is -0.313 e. The second kappa shape index (κ2) is 7.13. The van der Waals surface area contributed by atoms with Gasteiger partial charge in [-0.05, 0) is 51.8 Å². The van der Waals surface area contributed by atoms with Crippen molar-refractivity contribution in [2.24, 2.45) is 5.41 Å². The summed E-state index contributed by atoms with van der Waals surface area (Å²) in [5.74, 6) is 0. The fourth-order valence-corrected chi connectivity index (χ4v) is 1.71. The highest BCUT2D eigenvalue weighted by molar-refractivity contribution is 5.12. The van der Waals surface area contributed by atoms with Crippen LogP contribution in [0.4, 0.5) is 0 Å². The molecule has 0 unspecified atom stereocenters. The van der Waals surface area contributed by atoms with Gasteiger partial charge in [0.2, 0.25) is 0 Å². The molecule has 1 heterocycles. The molecule has 0 aliphatic heterocycles. The highest BCUT2D eigenvalue weighted by atomic mass is 14.8. The first-order valence-corrected chi connectivity index (χ1v) is 6.57. The quantitative estimate of drug-likeness (QED) is 0.750. The van der Waals surface area contributed by atoms with Crippen LogP contribution < -0.4 is 5.32 Å². The number of hydrogen-bond donors (Lipinski definition) is 1. The van der Waals surface area contributed by atoms with Gasteiger partial charge in [-0.2, -0.15) is 5.26 Å². The lowest BCUT2D eigenvalue weighted by atomic mass is 9.89. The Morgan fingerprint density at radius 1 is 1.33 bits per heavy atom. The average Bonchev–Trinajstić information content (AvgIpc) is 2.36. The largest absolute Gasteiger partial charge is 0.313 e. The standard InChI is InChI=1S/C15H23N3/c1-13-6-7-14(11-18-13)10-17-9-5-4-8-15(2,3)12-16/h6-7,11,17H,4-5,8-10H2,1-3H3. The molecule has 0 aromatic carbocycles. The first-order chi connectivity index (χ1) is 8.53. The average molecular weight is 245 g/mol. The summed E-state index contributed by atoms with van der Waals surface area (Å²) in [6.07, 6.45) is 5.10. The zero-order chi connectivity index (χ0) is 13.4. The van der Waals surface area contributed by atoms with Gasteiger partial charge in [-0.25, -0.2) is 0 Å². The third-order valence-electron chi connectivity index (χ3n) is 3.01. The van der Waals surface area contributed by atoms with E-state index in [1.807, 2.05) is 33.0 Å². The lowest BCUT2D eigenvalue weighted by Crippen LogP contribution is -2.16. The van der Waals surface area contributed by atoms with E-state index in [1.165, 1.54) is 5.56 Å². The number of nitrogens with zero attached hydrogens (tertiary/aromatic N) is 2. The fraction of sp³-hybridized carbons (Fsp3) is 0.600. The van der Waals surface area contributed by atoms with Crippen molar-refractivity contribution in [1.29, 1.82) is 5.26 Å². The molecule has 1 aromatic rings. The predicted molar refractivity (Wildman–Crippen MR) is 73.9 cm³/mol. The van der Waals surface area contributed by atoms with Crippen LogP contribution in [0.1, 0.15) is 44.4 Å². The lowest BCUT2D eigenvalue weighted by Gasteiger charge is -2.14. The van der Waals surface area contributed by atoms with Crippen LogP contribution in [0.2, 0.25) is 0 Å². The molecule has 0 atom stereocenters. The van der Waals surface area contributed by atoms with Gasteiger partial charge in [-0.3, -0.25) is 4.98 Å². The summed E-state index contributed by atoms with van der Waals surface area (Å²) in [4.78, 5) is 4.26. The lowest BCUT2D eigenvalue weighted by molar-refractivity contribution is 0.422. The Morgan fingerprint density at radius 3 is 2.72 bits per heavy atom. The van der Waals surface area contributed by atoms with Gasteiger partial charge in [0.05, 0.1) is 11.5 Å². The first-order valence-electron chi connectivity index (χ1n) is 6.57. The number of nitrogens with one attached hydrogen (secondary N) is 1. The number of unbranched alkanes of at least 4 members (excludes halogenated alkanes) is 1. The molecule has 3 heteroatoms. The smallest absolute Gasteiger partial charge is 0.0683 e. The molecule has 0 radical (unpaired) electrons. The molecule has 3 nitrogen and oxygen atoms in total. The van der Waals surface area contributed by atoms with Crippen LogP contribution in [-0.2, 0) is 6.54 Å². The maximum absolute atomic E-state index is 8.90. The number of rotatable bonds is 7. The monoisotopic (exact) mass is 245 g/mol. The molecular formula is C15H23N3. The van der Waals surface area contributed by atoms with Crippen LogP contribution in [0.3, 0.4) is 0 Å². The molecule has 0 spiro atoms. The minimum absolute atomic E-state index is 0.180. The van der Waals surface area contributed by atoms with E-state index in [0.29, 0.717) is 0 Å². The van der Waals surface area contributed by atoms with Gasteiger partial charge in [0.25, 0.3) is 0 Å². The van der Waals surface area contributed by atoms with Crippen LogP contribution >= 0.6 is 0 Å². The van der Waals surface area contributed by atoms with E-state index < -0.39 is 0 Å². The Hall–Kier alpha value is -1.40. The Morgan fingerprint density at radius 2 is 2.11 bits per heavy atom. The van der Waals surface area contributed by atoms with Gasteiger partial charge in [-0.1, -0.05) is 12.5 Å². The zero-order valence-corrected chi connectivity index (χ0v) is 11.7. The minimum atomic E-state index is -0.180. The van der Waals surface area contributed by atoms with Gasteiger partial charge >= 0.3 is 0 Å². The third kappa shape index (κ3) is 5.79. The van der Waals surface area contributed by atoms with Crippen LogP contribution in [0, 0.1) is 23.7 Å². The van der Waals surface area contributed by atoms with Crippen LogP contribution in [0.15, 0.2) is 18.3 Å². The fourth-order valence-electron chi connectivity index (χ4n) is 1.71. The first kappa shape index (κ1) is 14.7. The van der Waals surface area contributed by atoms with Gasteiger partial charge in [0, 0.05) is 18.4 Å². The third-order valence-corrected chi connectivity index (χ3v) is 3.01. The molecule has 0 aliphatic carbocycles. The van der Waals surface area contributed by atoms with Crippen molar-refractivity contribution < 1.29 is 0 Å². The Kier molecular flexibility index (Phi) is 5.80. The topological polar surface area (TPSA) is 48.7 Å². The number of aromatic nitrogens is 1. The normalized spacial score (nSPS) is 11.2. The van der Waals surface area contributed by atoms with E-state index in [1.54, 1.807) is 0 Å². The van der Waals surface area contributed by atoms with E-state index in [2.05, 4.69) is 22.4 Å². The Labute approximate surface area is 110 Å². The predicted octanol–water partition coefficient (Wildman–Crippen LogP) is 3.20. The van der Waals surface area contributed by atoms with Crippen molar-refractivity contribution in [1.82, 2.24) is 10.3 Å². The molecule has 0 bridgehead atoms. The molecule has 0 saturated heterocycles. The van der Waals surface area contributed by atoms with Crippen molar-refractivity contribution in [2.45, 2.75) is 46.6 Å². The van der Waals surface area contributed by atoms with E-state index >= 15 is 0 Å². The van der Waals surface area contributed by atoms with E-state index in [-0.39, 0.29) is 5.41 Å². The molecular weight excluding hydrogens is 222 g/mol. The van der Waals surface area contributed by atoms with Crippen molar-refractivity contribution in [3.8, 4) is 6.07 Å². The zero-order valence-electron chi connectivity index (χ0n) is 11.7. The maximum atomic E-state index is 8.90. The van der Waals surface area contributed by atoms with Gasteiger partial charge in [0.1, 0.15) is 0 Å². The van der Waals surface area contributed by atoms with Crippen molar-refractivity contribution >= 4 is 0 Å². The van der Waals surface area contributed by atoms with E-state index in [0.717, 1.165) is 38.0 Å². The Balaban J connectivity index is 2.09. The molecule has 0 fully saturated rings. The molecule has 98 valence electrons. The molecule has 1 rings (SSSR count). The van der Waals surface area contributed by atoms with E-state index in [4.69, 9.17) is 5.26 Å². The van der Waals surface area contributed by atoms with Crippen LogP contribution in [0.25, 0.3) is 0 Å². The highest BCUT2D eigenvalue weighted by Crippen LogP contribution is 2.21. The van der Waals surface area contributed by atoms with Gasteiger partial charge < -0.3 is 5.32 Å². The number of hydrogen-bond acceptors (Lipinski definition) is 3. The summed E-state index contributed by atoms with van der Waals surface area (Å²) < 4.78 is 0. The molecule has 1 aromatic heterocycles. The highest BCUT2D eigenvalue weighted by Gasteiger charge is 2.15. The van der Waals surface area contributed by atoms with Crippen molar-refractivity contribution in [2.75, 3.05) is 6.54 Å². The van der Waals surface area contributed by atoms with E-state index in [9.17, 15) is 0 Å². The maximum Gasteiger partial charge on any atom is 0.0683 e. The van der Waals surface area contributed by atoms with Gasteiger partial charge in [0.15, 0.2) is 0 Å². The number of pyridine rings is 1. The summed E-state index contributed by atoms with van der Waals surface area (Å²) in [6, 6.07) is 6.47. The summed E-state index contributed by atoms with van der Waals surface area (Å²) in [5, 5.41) is 12.3. The summed E-state index contributed by atoms with van der Waals surface area (Å²) in [6.45, 7) is 7.86. The second-order valence-corrected chi connectivity index (χ2v) is 5.44. The Bertz CT molecular complexity index is 387. The number of aryl methyl sites for hydroxylation is 1. The summed E-state index contributed by atoms with van der Waals surface area (Å²) in [5.41, 5.74) is 2.09.